The third kappa shape index (κ3) is 3.91. The van der Waals surface area contributed by atoms with Gasteiger partial charge in [-0.15, -0.1) is 0 Å². The summed E-state index contributed by atoms with van der Waals surface area (Å²) in [6.07, 6.45) is 2.89. The molecule has 14 heavy (non-hydrogen) atoms. The Morgan fingerprint density at radius 3 is 2.21 bits per heavy atom. The standard InChI is InChI=1S/C9H16N2S2.Na/c12-9(13)11-5-3-10(4-6-11)7-8-1-2-8;/h8H,1-7H2,(H,12,13);/q;+1/p-1. The van der Waals surface area contributed by atoms with Crippen LogP contribution in [0.3, 0.4) is 0 Å². The van der Waals surface area contributed by atoms with E-state index in [-0.39, 0.29) is 29.6 Å². The molecule has 0 aromatic rings. The van der Waals surface area contributed by atoms with E-state index < -0.39 is 0 Å². The molecule has 2 aliphatic rings. The van der Waals surface area contributed by atoms with Crippen LogP contribution in [0.5, 0.6) is 0 Å². The molecule has 2 fully saturated rings. The molecule has 1 heterocycles. The number of rotatable bonds is 2. The van der Waals surface area contributed by atoms with Crippen molar-refractivity contribution >= 4 is 29.2 Å². The van der Waals surface area contributed by atoms with Crippen molar-refractivity contribution in [1.82, 2.24) is 9.80 Å². The Morgan fingerprint density at radius 2 is 1.79 bits per heavy atom. The van der Waals surface area contributed by atoms with Crippen LogP contribution < -0.4 is 29.6 Å². The molecule has 1 aliphatic carbocycles. The van der Waals surface area contributed by atoms with Crippen molar-refractivity contribution in [3.05, 3.63) is 0 Å². The molecule has 0 bridgehead atoms. The van der Waals surface area contributed by atoms with Gasteiger partial charge in [0.1, 0.15) is 0 Å². The maximum atomic E-state index is 4.98. The normalized spacial score (nSPS) is 23.0. The smallest absolute Gasteiger partial charge is 0.411 e. The van der Waals surface area contributed by atoms with Gasteiger partial charge in [-0.25, -0.2) is 0 Å². The zero-order chi connectivity index (χ0) is 9.26. The molecule has 0 amide bonds. The summed E-state index contributed by atoms with van der Waals surface area (Å²) in [6, 6.07) is 0. The Hall–Kier alpha value is 1.07. The van der Waals surface area contributed by atoms with Crippen LogP contribution in [0.4, 0.5) is 0 Å². The van der Waals surface area contributed by atoms with Crippen molar-refractivity contribution in [2.75, 3.05) is 32.7 Å². The van der Waals surface area contributed by atoms with E-state index in [4.69, 9.17) is 24.8 Å². The van der Waals surface area contributed by atoms with Gasteiger partial charge >= 0.3 is 29.6 Å². The molecule has 0 aromatic heterocycles. The molecule has 0 spiro atoms. The summed E-state index contributed by atoms with van der Waals surface area (Å²) >= 11 is 9.95. The predicted octanol–water partition coefficient (Wildman–Crippen LogP) is -2.15. The van der Waals surface area contributed by atoms with E-state index in [0.717, 1.165) is 32.1 Å². The van der Waals surface area contributed by atoms with Crippen LogP contribution in [0, 0.1) is 5.92 Å². The average molecular weight is 238 g/mol. The van der Waals surface area contributed by atoms with Crippen molar-refractivity contribution in [1.29, 1.82) is 0 Å². The van der Waals surface area contributed by atoms with Gasteiger partial charge in [0.25, 0.3) is 0 Å². The van der Waals surface area contributed by atoms with E-state index >= 15 is 0 Å². The molecule has 1 saturated carbocycles. The fraction of sp³-hybridized carbons (Fsp3) is 0.889. The number of thiocarbonyl (C=S) groups is 1. The minimum atomic E-state index is 0. The van der Waals surface area contributed by atoms with Crippen molar-refractivity contribution in [3.63, 3.8) is 0 Å². The molecule has 0 N–H and O–H groups in total. The van der Waals surface area contributed by atoms with E-state index in [1.54, 1.807) is 0 Å². The van der Waals surface area contributed by atoms with Crippen LogP contribution in [0.2, 0.25) is 0 Å². The van der Waals surface area contributed by atoms with Crippen LogP contribution in [0.25, 0.3) is 0 Å². The summed E-state index contributed by atoms with van der Waals surface area (Å²) in [5.74, 6) is 1.00. The minimum Gasteiger partial charge on any atom is -0.411 e. The Kier molecular flexibility index (Phi) is 5.60. The van der Waals surface area contributed by atoms with Gasteiger partial charge in [0, 0.05) is 32.7 Å². The number of nitrogens with zero attached hydrogens (tertiary/aromatic N) is 2. The molecule has 2 nitrogen and oxygen atoms in total. The fourth-order valence-corrected chi connectivity index (χ4v) is 2.14. The molecular weight excluding hydrogens is 223 g/mol. The maximum absolute atomic E-state index is 4.98. The predicted molar refractivity (Wildman–Crippen MR) is 60.7 cm³/mol. The summed E-state index contributed by atoms with van der Waals surface area (Å²) in [6.45, 7) is 5.67. The van der Waals surface area contributed by atoms with Crippen LogP contribution in [0.15, 0.2) is 0 Å². The summed E-state index contributed by atoms with van der Waals surface area (Å²) in [4.78, 5) is 4.68. The van der Waals surface area contributed by atoms with E-state index in [0.29, 0.717) is 4.32 Å². The van der Waals surface area contributed by atoms with Crippen LogP contribution in [-0.2, 0) is 12.6 Å². The Labute approximate surface area is 119 Å². The summed E-state index contributed by atoms with van der Waals surface area (Å²) in [5.41, 5.74) is 0. The van der Waals surface area contributed by atoms with Crippen LogP contribution in [-0.4, -0.2) is 46.8 Å². The summed E-state index contributed by atoms with van der Waals surface area (Å²) < 4.78 is 0.645. The SMILES string of the molecule is S=C([S-])N1CCN(CC2CC2)CC1.[Na+]. The Morgan fingerprint density at radius 1 is 1.21 bits per heavy atom. The van der Waals surface area contributed by atoms with Crippen molar-refractivity contribution in [3.8, 4) is 0 Å². The minimum absolute atomic E-state index is 0. The number of hydrogen-bond acceptors (Lipinski definition) is 3. The van der Waals surface area contributed by atoms with Crippen LogP contribution >= 0.6 is 12.2 Å². The average Bonchev–Trinajstić information content (AvgIpc) is 2.89. The van der Waals surface area contributed by atoms with Crippen molar-refractivity contribution in [2.45, 2.75) is 12.8 Å². The quantitative estimate of drug-likeness (QED) is 0.307. The number of piperazine rings is 1. The second-order valence-corrected chi connectivity index (χ2v) is 5.03. The molecular formula is C9H15N2NaS2. The first-order chi connectivity index (χ1) is 6.25. The largest absolute Gasteiger partial charge is 1.00 e. The first kappa shape index (κ1) is 13.1. The van der Waals surface area contributed by atoms with Gasteiger partial charge in [0.15, 0.2) is 0 Å². The van der Waals surface area contributed by atoms with Crippen molar-refractivity contribution in [2.24, 2.45) is 5.92 Å². The second-order valence-electron chi connectivity index (χ2n) is 4.00. The van der Waals surface area contributed by atoms with Gasteiger partial charge in [-0.2, -0.15) is 0 Å². The van der Waals surface area contributed by atoms with Crippen LogP contribution in [0.1, 0.15) is 12.8 Å². The van der Waals surface area contributed by atoms with E-state index in [2.05, 4.69) is 9.80 Å². The Bertz CT molecular complexity index is 201. The zero-order valence-corrected chi connectivity index (χ0v) is 12.4. The third-order valence-electron chi connectivity index (χ3n) is 2.84. The number of hydrogen-bond donors (Lipinski definition) is 0. The second kappa shape index (κ2) is 5.97. The van der Waals surface area contributed by atoms with Gasteiger partial charge < -0.3 is 29.7 Å². The zero-order valence-electron chi connectivity index (χ0n) is 8.74. The first-order valence-corrected chi connectivity index (χ1v) is 5.75. The molecule has 2 rings (SSSR count). The maximum Gasteiger partial charge on any atom is 1.00 e. The summed E-state index contributed by atoms with van der Waals surface area (Å²) in [7, 11) is 0. The van der Waals surface area contributed by atoms with E-state index in [1.807, 2.05) is 0 Å². The van der Waals surface area contributed by atoms with Gasteiger partial charge in [-0.05, 0) is 18.8 Å². The van der Waals surface area contributed by atoms with Gasteiger partial charge in [0.2, 0.25) is 0 Å². The molecule has 1 saturated heterocycles. The molecule has 0 aromatic carbocycles. The van der Waals surface area contributed by atoms with Gasteiger partial charge in [-0.3, -0.25) is 4.90 Å². The fourth-order valence-electron chi connectivity index (χ4n) is 1.78. The van der Waals surface area contributed by atoms with E-state index in [9.17, 15) is 0 Å². The van der Waals surface area contributed by atoms with Gasteiger partial charge in [-0.1, -0.05) is 4.32 Å². The first-order valence-electron chi connectivity index (χ1n) is 4.94. The molecule has 74 valence electrons. The molecule has 0 unspecified atom stereocenters. The third-order valence-corrected chi connectivity index (χ3v) is 3.36. The van der Waals surface area contributed by atoms with E-state index in [1.165, 1.54) is 19.4 Å². The van der Waals surface area contributed by atoms with Crippen molar-refractivity contribution < 1.29 is 29.6 Å². The molecule has 0 radical (unpaired) electrons. The summed E-state index contributed by atoms with van der Waals surface area (Å²) in [5, 5.41) is 0. The monoisotopic (exact) mass is 238 g/mol. The molecule has 5 heteroatoms. The van der Waals surface area contributed by atoms with Gasteiger partial charge in [0.05, 0.1) is 0 Å². The topological polar surface area (TPSA) is 6.48 Å². The molecule has 1 aliphatic heterocycles. The Balaban J connectivity index is 0.000000980. The molecule has 0 atom stereocenters.